The van der Waals surface area contributed by atoms with Gasteiger partial charge in [-0.25, -0.2) is 0 Å². The van der Waals surface area contributed by atoms with Gasteiger partial charge in [-0.15, -0.1) is 0 Å². The monoisotopic (exact) mass is 513 g/mol. The number of nitrogens with zero attached hydrogens (tertiary/aromatic N) is 1. The van der Waals surface area contributed by atoms with Gasteiger partial charge in [0.05, 0.1) is 27.7 Å². The second-order valence-corrected chi connectivity index (χ2v) is 13.4. The number of hydrogen-bond acceptors (Lipinski definition) is 4. The summed E-state index contributed by atoms with van der Waals surface area (Å²) in [5.41, 5.74) is 1.63. The lowest BCUT2D eigenvalue weighted by Gasteiger charge is -2.43. The van der Waals surface area contributed by atoms with E-state index < -0.39 is 7.82 Å². The third-order valence-corrected chi connectivity index (χ3v) is 8.98. The molecule has 0 aromatic carbocycles. The third-order valence-electron chi connectivity index (χ3n) is 7.95. The second-order valence-electron chi connectivity index (χ2n) is 12.0. The standard InChI is InChI=1S/C29H56NO4P/c1-30(2,3)28-24-18-19-25-29(28)34-35(31,32)33-26-20-14-17-23-27-21-15-12-10-8-6-4-5-7-9-11-13-16-22-27/h23,28-29H,4-22,24-26H2,1-3H3/t28-,29-/m0/s1. The van der Waals surface area contributed by atoms with Crippen LogP contribution >= 0.6 is 7.82 Å². The Labute approximate surface area is 217 Å². The van der Waals surface area contributed by atoms with E-state index in [0.29, 0.717) is 0 Å². The van der Waals surface area contributed by atoms with Crippen LogP contribution in [0.5, 0.6) is 0 Å². The smallest absolute Gasteiger partial charge is 0.268 e. The Morgan fingerprint density at radius 2 is 1.31 bits per heavy atom. The summed E-state index contributed by atoms with van der Waals surface area (Å²) in [5, 5.41) is 0. The molecule has 6 heteroatoms. The zero-order valence-electron chi connectivity index (χ0n) is 23.3. The van der Waals surface area contributed by atoms with Crippen LogP contribution in [0, 0.1) is 0 Å². The molecule has 2 aliphatic rings. The van der Waals surface area contributed by atoms with Gasteiger partial charge < -0.3 is 18.4 Å². The molecule has 2 aliphatic carbocycles. The first-order valence-electron chi connectivity index (χ1n) is 14.9. The minimum atomic E-state index is -4.26. The maximum absolute atomic E-state index is 12.5. The Bertz CT molecular complexity index is 613. The van der Waals surface area contributed by atoms with Gasteiger partial charge in [-0.2, -0.15) is 0 Å². The molecule has 0 heterocycles. The van der Waals surface area contributed by atoms with Gasteiger partial charge in [-0.05, 0) is 57.8 Å². The molecule has 0 amide bonds. The number of rotatable bonds is 9. The van der Waals surface area contributed by atoms with E-state index in [9.17, 15) is 9.46 Å². The first kappa shape index (κ1) is 31.0. The van der Waals surface area contributed by atoms with E-state index in [2.05, 4.69) is 27.2 Å². The van der Waals surface area contributed by atoms with Gasteiger partial charge in [0.2, 0.25) is 0 Å². The predicted molar refractivity (Wildman–Crippen MR) is 145 cm³/mol. The molecule has 0 N–H and O–H groups in total. The number of allylic oxidation sites excluding steroid dienone is 2. The van der Waals surface area contributed by atoms with Gasteiger partial charge in [0.1, 0.15) is 12.1 Å². The molecule has 5 nitrogen and oxygen atoms in total. The zero-order valence-corrected chi connectivity index (χ0v) is 24.2. The van der Waals surface area contributed by atoms with Crippen molar-refractivity contribution < 1.29 is 23.0 Å². The molecular formula is C29H56NO4P. The highest BCUT2D eigenvalue weighted by atomic mass is 31.2. The van der Waals surface area contributed by atoms with Crippen LogP contribution in [0.2, 0.25) is 0 Å². The van der Waals surface area contributed by atoms with E-state index in [1.807, 2.05) is 0 Å². The molecule has 0 aromatic rings. The highest BCUT2D eigenvalue weighted by Gasteiger charge is 2.37. The molecule has 1 unspecified atom stereocenters. The van der Waals surface area contributed by atoms with Gasteiger partial charge in [0.25, 0.3) is 7.82 Å². The topological polar surface area (TPSA) is 58.6 Å². The SMILES string of the molecule is C[N+](C)(C)[C@H]1CCCC[C@@H]1OP(=O)([O-])OCCCCC=C1CCCCCCCCCCCCCC1. The normalized spacial score (nSPS) is 26.3. The van der Waals surface area contributed by atoms with Crippen LogP contribution in [0.1, 0.15) is 135 Å². The van der Waals surface area contributed by atoms with Crippen LogP contribution in [-0.2, 0) is 13.6 Å². The fourth-order valence-corrected chi connectivity index (χ4v) is 6.80. The Hall–Kier alpha value is -0.190. The van der Waals surface area contributed by atoms with Crippen LogP contribution in [0.3, 0.4) is 0 Å². The van der Waals surface area contributed by atoms with E-state index in [4.69, 9.17) is 9.05 Å². The summed E-state index contributed by atoms with van der Waals surface area (Å²) in [6.45, 7) is 0.228. The van der Waals surface area contributed by atoms with Crippen LogP contribution in [0.4, 0.5) is 0 Å². The van der Waals surface area contributed by atoms with Crippen molar-refractivity contribution in [3.05, 3.63) is 11.6 Å². The molecule has 206 valence electrons. The van der Waals surface area contributed by atoms with E-state index in [1.165, 1.54) is 89.9 Å². The summed E-state index contributed by atoms with van der Waals surface area (Å²) in [6, 6.07) is 0.200. The third kappa shape index (κ3) is 14.4. The Kier molecular flexibility index (Phi) is 15.4. The first-order chi connectivity index (χ1) is 16.8. The fraction of sp³-hybridized carbons (Fsp3) is 0.931. The molecule has 0 radical (unpaired) electrons. The number of phosphoric acid groups is 1. The first-order valence-corrected chi connectivity index (χ1v) is 16.4. The molecule has 2 rings (SSSR count). The lowest BCUT2D eigenvalue weighted by Crippen LogP contribution is -2.53. The highest BCUT2D eigenvalue weighted by Crippen LogP contribution is 2.44. The van der Waals surface area contributed by atoms with Gasteiger partial charge in [0, 0.05) is 6.42 Å². The largest absolute Gasteiger partial charge is 0.756 e. The van der Waals surface area contributed by atoms with Crippen molar-refractivity contribution in [3.63, 3.8) is 0 Å². The second kappa shape index (κ2) is 17.3. The van der Waals surface area contributed by atoms with Crippen molar-refractivity contribution in [2.24, 2.45) is 0 Å². The number of likely N-dealkylation sites (N-methyl/N-ethyl adjacent to an activating group) is 1. The van der Waals surface area contributed by atoms with Crippen molar-refractivity contribution in [1.82, 2.24) is 0 Å². The van der Waals surface area contributed by atoms with Gasteiger partial charge in [0.15, 0.2) is 0 Å². The van der Waals surface area contributed by atoms with Crippen LogP contribution in [0.25, 0.3) is 0 Å². The maximum Gasteiger partial charge on any atom is 0.268 e. The molecule has 0 aromatic heterocycles. The number of hydrogen-bond donors (Lipinski definition) is 0. The van der Waals surface area contributed by atoms with Gasteiger partial charge >= 0.3 is 0 Å². The molecule has 0 bridgehead atoms. The van der Waals surface area contributed by atoms with Crippen molar-refractivity contribution in [3.8, 4) is 0 Å². The Balaban J connectivity index is 1.69. The molecule has 3 atom stereocenters. The molecule has 0 spiro atoms. The minimum absolute atomic E-state index is 0.200. The molecule has 0 saturated heterocycles. The molecule has 35 heavy (non-hydrogen) atoms. The lowest BCUT2D eigenvalue weighted by atomic mass is 9.91. The molecule has 0 aliphatic heterocycles. The summed E-state index contributed by atoms with van der Waals surface area (Å²) < 4.78 is 24.0. The number of phosphoric ester groups is 1. The van der Waals surface area contributed by atoms with Crippen LogP contribution in [0.15, 0.2) is 11.6 Å². The zero-order chi connectivity index (χ0) is 25.4. The fourth-order valence-electron chi connectivity index (χ4n) is 5.81. The summed E-state index contributed by atoms with van der Waals surface area (Å²) >= 11 is 0. The molecule has 2 saturated carbocycles. The average Bonchev–Trinajstić information content (AvgIpc) is 2.80. The number of unbranched alkanes of at least 4 members (excludes halogenated alkanes) is 2. The molecule has 2 fully saturated rings. The van der Waals surface area contributed by atoms with Crippen LogP contribution in [-0.4, -0.2) is 44.4 Å². The summed E-state index contributed by atoms with van der Waals surface area (Å²) in [5.74, 6) is 0. The summed E-state index contributed by atoms with van der Waals surface area (Å²) in [4.78, 5) is 12.5. The predicted octanol–water partition coefficient (Wildman–Crippen LogP) is 8.08. The molecular weight excluding hydrogens is 457 g/mol. The van der Waals surface area contributed by atoms with Gasteiger partial charge in [-0.1, -0.05) is 82.3 Å². The van der Waals surface area contributed by atoms with Crippen molar-refractivity contribution >= 4 is 7.82 Å². The maximum atomic E-state index is 12.5. The van der Waals surface area contributed by atoms with Crippen molar-refractivity contribution in [2.45, 2.75) is 147 Å². The van der Waals surface area contributed by atoms with Gasteiger partial charge in [-0.3, -0.25) is 4.57 Å². The van der Waals surface area contributed by atoms with E-state index in [-0.39, 0.29) is 18.8 Å². The van der Waals surface area contributed by atoms with Crippen molar-refractivity contribution in [1.29, 1.82) is 0 Å². The average molecular weight is 514 g/mol. The Morgan fingerprint density at radius 1 is 0.800 bits per heavy atom. The highest BCUT2D eigenvalue weighted by molar-refractivity contribution is 7.45. The summed E-state index contributed by atoms with van der Waals surface area (Å²) in [6.07, 6.45) is 28.0. The Morgan fingerprint density at radius 3 is 1.86 bits per heavy atom. The summed E-state index contributed by atoms with van der Waals surface area (Å²) in [7, 11) is 2.09. The quantitative estimate of drug-likeness (QED) is 0.135. The number of quaternary nitrogens is 1. The van der Waals surface area contributed by atoms with E-state index in [0.717, 1.165) is 49.4 Å². The van der Waals surface area contributed by atoms with Crippen molar-refractivity contribution in [2.75, 3.05) is 27.7 Å². The van der Waals surface area contributed by atoms with Crippen LogP contribution < -0.4 is 4.89 Å². The lowest BCUT2D eigenvalue weighted by molar-refractivity contribution is -0.900. The van der Waals surface area contributed by atoms with E-state index >= 15 is 0 Å². The minimum Gasteiger partial charge on any atom is -0.756 e. The van der Waals surface area contributed by atoms with E-state index in [1.54, 1.807) is 5.57 Å².